The molecule has 3 nitrogen and oxygen atoms in total. The number of phenolic OH excluding ortho intramolecular Hbond substituents is 1. The molecular formula is C10H15NO2. The van der Waals surface area contributed by atoms with Crippen LogP contribution in [0.2, 0.25) is 0 Å². The summed E-state index contributed by atoms with van der Waals surface area (Å²) in [5.41, 5.74) is 6.73. The van der Waals surface area contributed by atoms with Gasteiger partial charge in [0.2, 0.25) is 0 Å². The van der Waals surface area contributed by atoms with Gasteiger partial charge in [0.15, 0.2) is 11.5 Å². The van der Waals surface area contributed by atoms with Gasteiger partial charge in [-0.25, -0.2) is 0 Å². The fraction of sp³-hybridized carbons (Fsp3) is 0.400. The maximum Gasteiger partial charge on any atom is 0.160 e. The Kier molecular flexibility index (Phi) is 3.14. The molecule has 0 bridgehead atoms. The molecule has 0 spiro atoms. The minimum Gasteiger partial charge on any atom is -0.504 e. The predicted octanol–water partition coefficient (Wildman–Crippen LogP) is 1.81. The van der Waals surface area contributed by atoms with Gasteiger partial charge in [0.05, 0.1) is 7.11 Å². The van der Waals surface area contributed by atoms with E-state index in [0.717, 1.165) is 12.0 Å². The molecule has 0 fully saturated rings. The van der Waals surface area contributed by atoms with Crippen LogP contribution in [0.4, 0.5) is 0 Å². The van der Waals surface area contributed by atoms with E-state index < -0.39 is 0 Å². The van der Waals surface area contributed by atoms with Crippen molar-refractivity contribution >= 4 is 0 Å². The topological polar surface area (TPSA) is 55.5 Å². The maximum atomic E-state index is 9.46. The summed E-state index contributed by atoms with van der Waals surface area (Å²) in [4.78, 5) is 0. The van der Waals surface area contributed by atoms with Crippen molar-refractivity contribution in [3.8, 4) is 11.5 Å². The summed E-state index contributed by atoms with van der Waals surface area (Å²) < 4.78 is 4.92. The van der Waals surface area contributed by atoms with E-state index >= 15 is 0 Å². The third-order valence-corrected chi connectivity index (χ3v) is 2.07. The first kappa shape index (κ1) is 9.86. The SMILES string of the molecule is CC[C@@H](N)c1ccc(OC)c(O)c1. The lowest BCUT2D eigenvalue weighted by Crippen LogP contribution is -2.08. The minimum absolute atomic E-state index is 0.0168. The standard InChI is InChI=1S/C10H15NO2/c1-3-8(11)7-4-5-10(13-2)9(12)6-7/h4-6,8,12H,3,11H2,1-2H3/t8-/m1/s1. The lowest BCUT2D eigenvalue weighted by atomic mass is 10.1. The molecule has 13 heavy (non-hydrogen) atoms. The number of phenols is 1. The summed E-state index contributed by atoms with van der Waals surface area (Å²) in [6, 6.07) is 5.22. The van der Waals surface area contributed by atoms with Gasteiger partial charge < -0.3 is 15.6 Å². The second-order valence-corrected chi connectivity index (χ2v) is 2.95. The number of benzene rings is 1. The molecule has 0 unspecified atom stereocenters. The summed E-state index contributed by atoms with van der Waals surface area (Å²) >= 11 is 0. The van der Waals surface area contributed by atoms with Crippen LogP contribution in [0.1, 0.15) is 24.9 Å². The Balaban J connectivity index is 2.95. The fourth-order valence-corrected chi connectivity index (χ4v) is 1.17. The Bertz CT molecular complexity index is 286. The summed E-state index contributed by atoms with van der Waals surface area (Å²) in [5.74, 6) is 0.621. The molecule has 0 radical (unpaired) electrons. The van der Waals surface area contributed by atoms with E-state index in [1.54, 1.807) is 12.1 Å². The van der Waals surface area contributed by atoms with Gasteiger partial charge in [0.1, 0.15) is 0 Å². The number of aromatic hydroxyl groups is 1. The number of nitrogens with two attached hydrogens (primary N) is 1. The molecule has 72 valence electrons. The normalized spacial score (nSPS) is 12.5. The molecule has 0 aromatic heterocycles. The zero-order valence-corrected chi connectivity index (χ0v) is 7.95. The number of ether oxygens (including phenoxy) is 1. The van der Waals surface area contributed by atoms with Gasteiger partial charge in [-0.3, -0.25) is 0 Å². The Morgan fingerprint density at radius 2 is 2.23 bits per heavy atom. The zero-order chi connectivity index (χ0) is 9.84. The maximum absolute atomic E-state index is 9.46. The van der Waals surface area contributed by atoms with Crippen LogP contribution in [0.25, 0.3) is 0 Å². The molecule has 1 aromatic rings. The molecule has 3 N–H and O–H groups in total. The van der Waals surface area contributed by atoms with Crippen LogP contribution in [0.5, 0.6) is 11.5 Å². The number of hydrogen-bond donors (Lipinski definition) is 2. The molecule has 0 heterocycles. The smallest absolute Gasteiger partial charge is 0.160 e. The van der Waals surface area contributed by atoms with E-state index in [9.17, 15) is 5.11 Å². The van der Waals surface area contributed by atoms with Gasteiger partial charge in [-0.05, 0) is 24.1 Å². The van der Waals surface area contributed by atoms with E-state index in [0.29, 0.717) is 5.75 Å². The molecule has 3 heteroatoms. The Morgan fingerprint density at radius 3 is 2.69 bits per heavy atom. The highest BCUT2D eigenvalue weighted by Crippen LogP contribution is 2.28. The number of methoxy groups -OCH3 is 1. The Hall–Kier alpha value is -1.22. The summed E-state index contributed by atoms with van der Waals surface area (Å²) in [7, 11) is 1.52. The van der Waals surface area contributed by atoms with Crippen LogP contribution in [-0.4, -0.2) is 12.2 Å². The lowest BCUT2D eigenvalue weighted by Gasteiger charge is -2.10. The third-order valence-electron chi connectivity index (χ3n) is 2.07. The van der Waals surface area contributed by atoms with E-state index in [1.807, 2.05) is 13.0 Å². The van der Waals surface area contributed by atoms with Crippen LogP contribution in [0.3, 0.4) is 0 Å². The van der Waals surface area contributed by atoms with Gasteiger partial charge in [-0.15, -0.1) is 0 Å². The Labute approximate surface area is 78.1 Å². The zero-order valence-electron chi connectivity index (χ0n) is 7.95. The van der Waals surface area contributed by atoms with Gasteiger partial charge >= 0.3 is 0 Å². The van der Waals surface area contributed by atoms with Gasteiger partial charge in [-0.1, -0.05) is 13.0 Å². The molecule has 1 atom stereocenters. The van der Waals surface area contributed by atoms with E-state index in [1.165, 1.54) is 7.11 Å². The van der Waals surface area contributed by atoms with E-state index in [-0.39, 0.29) is 11.8 Å². The van der Waals surface area contributed by atoms with Crippen molar-refractivity contribution < 1.29 is 9.84 Å². The lowest BCUT2D eigenvalue weighted by molar-refractivity contribution is 0.372. The molecule has 1 aromatic carbocycles. The summed E-state index contributed by atoms with van der Waals surface area (Å²) in [5, 5.41) is 9.46. The van der Waals surface area contributed by atoms with Gasteiger partial charge in [-0.2, -0.15) is 0 Å². The first-order chi connectivity index (χ1) is 6.19. The van der Waals surface area contributed by atoms with Crippen molar-refractivity contribution in [2.24, 2.45) is 5.73 Å². The summed E-state index contributed by atoms with van der Waals surface area (Å²) in [6.45, 7) is 2.01. The van der Waals surface area contributed by atoms with E-state index in [4.69, 9.17) is 10.5 Å². The third kappa shape index (κ3) is 2.12. The minimum atomic E-state index is -0.0168. The Morgan fingerprint density at radius 1 is 1.54 bits per heavy atom. The first-order valence-corrected chi connectivity index (χ1v) is 4.31. The van der Waals surface area contributed by atoms with Crippen molar-refractivity contribution in [2.75, 3.05) is 7.11 Å². The van der Waals surface area contributed by atoms with Gasteiger partial charge in [0, 0.05) is 6.04 Å². The quantitative estimate of drug-likeness (QED) is 0.747. The van der Waals surface area contributed by atoms with Crippen LogP contribution in [0.15, 0.2) is 18.2 Å². The highest BCUT2D eigenvalue weighted by atomic mass is 16.5. The van der Waals surface area contributed by atoms with Crippen molar-refractivity contribution in [1.82, 2.24) is 0 Å². The van der Waals surface area contributed by atoms with Crippen LogP contribution < -0.4 is 10.5 Å². The van der Waals surface area contributed by atoms with Crippen LogP contribution in [-0.2, 0) is 0 Å². The average Bonchev–Trinajstić information content (AvgIpc) is 2.16. The van der Waals surface area contributed by atoms with Crippen molar-refractivity contribution in [2.45, 2.75) is 19.4 Å². The molecule has 0 amide bonds. The average molecular weight is 181 g/mol. The largest absolute Gasteiger partial charge is 0.504 e. The summed E-state index contributed by atoms with van der Waals surface area (Å²) in [6.07, 6.45) is 0.853. The highest BCUT2D eigenvalue weighted by molar-refractivity contribution is 5.42. The fourth-order valence-electron chi connectivity index (χ4n) is 1.17. The molecular weight excluding hydrogens is 166 g/mol. The molecule has 0 saturated carbocycles. The first-order valence-electron chi connectivity index (χ1n) is 4.31. The molecule has 1 rings (SSSR count). The second-order valence-electron chi connectivity index (χ2n) is 2.95. The van der Waals surface area contributed by atoms with Gasteiger partial charge in [0.25, 0.3) is 0 Å². The van der Waals surface area contributed by atoms with Crippen molar-refractivity contribution in [1.29, 1.82) is 0 Å². The predicted molar refractivity (Wildman–Crippen MR) is 51.9 cm³/mol. The van der Waals surface area contributed by atoms with Crippen LogP contribution >= 0.6 is 0 Å². The van der Waals surface area contributed by atoms with E-state index in [2.05, 4.69) is 0 Å². The highest BCUT2D eigenvalue weighted by Gasteiger charge is 2.06. The monoisotopic (exact) mass is 181 g/mol. The molecule has 0 aliphatic heterocycles. The van der Waals surface area contributed by atoms with Crippen molar-refractivity contribution in [3.63, 3.8) is 0 Å². The van der Waals surface area contributed by atoms with Crippen LogP contribution in [0, 0.1) is 0 Å². The molecule has 0 saturated heterocycles. The molecule has 0 aliphatic rings. The second kappa shape index (κ2) is 4.14. The number of rotatable bonds is 3. The number of hydrogen-bond acceptors (Lipinski definition) is 3. The van der Waals surface area contributed by atoms with Crippen molar-refractivity contribution in [3.05, 3.63) is 23.8 Å². The molecule has 0 aliphatic carbocycles.